The molecule has 0 nitrogen and oxygen atoms in total. The predicted molar refractivity (Wildman–Crippen MR) is 125 cm³/mol. The van der Waals surface area contributed by atoms with Gasteiger partial charge in [0.15, 0.2) is 0 Å². The first-order valence-electron chi connectivity index (χ1n) is 10.8. The van der Waals surface area contributed by atoms with E-state index >= 15 is 0 Å². The molecule has 2 aliphatic rings. The fourth-order valence-corrected chi connectivity index (χ4v) is 13.5. The molecule has 0 heterocycles. The molecular formula is C29H26Zr. The summed E-state index contributed by atoms with van der Waals surface area (Å²) in [5.41, 5.74) is 5.87. The Kier molecular flexibility index (Phi) is 6.00. The average molecular weight is 466 g/mol. The van der Waals surface area contributed by atoms with Gasteiger partial charge >= 0.3 is 188 Å². The summed E-state index contributed by atoms with van der Waals surface area (Å²) in [5, 5.41) is 0. The van der Waals surface area contributed by atoms with Crippen molar-refractivity contribution >= 4 is 9.28 Å². The minimum absolute atomic E-state index is 0.608. The molecule has 0 spiro atoms. The molecule has 3 aromatic carbocycles. The molecule has 30 heavy (non-hydrogen) atoms. The summed E-state index contributed by atoms with van der Waals surface area (Å²) in [6.07, 6.45) is 15.3. The van der Waals surface area contributed by atoms with Crippen LogP contribution in [-0.2, 0) is 34.1 Å². The molecule has 5 rings (SSSR count). The third kappa shape index (κ3) is 4.23. The van der Waals surface area contributed by atoms with Crippen molar-refractivity contribution in [2.75, 3.05) is 0 Å². The Labute approximate surface area is 187 Å². The molecule has 0 amide bonds. The number of fused-ring (bicyclic) bond motifs is 1. The van der Waals surface area contributed by atoms with E-state index in [9.17, 15) is 0 Å². The van der Waals surface area contributed by atoms with Gasteiger partial charge in [0.2, 0.25) is 0 Å². The number of hydrogen-bond donors (Lipinski definition) is 0. The van der Waals surface area contributed by atoms with E-state index in [-0.39, 0.29) is 0 Å². The molecule has 146 valence electrons. The van der Waals surface area contributed by atoms with E-state index in [1.165, 1.54) is 16.7 Å². The van der Waals surface area contributed by atoms with Gasteiger partial charge in [0.1, 0.15) is 0 Å². The first-order chi connectivity index (χ1) is 14.9. The minimum atomic E-state index is -2.16. The van der Waals surface area contributed by atoms with Gasteiger partial charge in [0.25, 0.3) is 0 Å². The standard InChI is InChI=1S/C15H14.C9H7.C5H5.Zr/c1-3-8-14(9-4-1)12-7-13-15-10-5-2-6-11-15;1-2-5-9-7-3-6-8(9)4-1;1-2-4-5-3-1;/h1-6,8-11H,12-13H2;1-7H;1-3H,4H2;. The molecule has 0 aliphatic heterocycles. The van der Waals surface area contributed by atoms with Crippen molar-refractivity contribution in [2.24, 2.45) is 0 Å². The summed E-state index contributed by atoms with van der Waals surface area (Å²) in [5.74, 6) is 0. The van der Waals surface area contributed by atoms with Crippen molar-refractivity contribution in [2.45, 2.75) is 22.9 Å². The average Bonchev–Trinajstić information content (AvgIpc) is 3.47. The van der Waals surface area contributed by atoms with Crippen molar-refractivity contribution in [1.29, 1.82) is 0 Å². The van der Waals surface area contributed by atoms with E-state index in [1.807, 2.05) is 0 Å². The zero-order valence-corrected chi connectivity index (χ0v) is 19.6. The molecule has 0 bridgehead atoms. The predicted octanol–water partition coefficient (Wildman–Crippen LogP) is 6.87. The third-order valence-electron chi connectivity index (χ3n) is 6.13. The molecule has 1 atom stereocenters. The molecule has 0 radical (unpaired) electrons. The van der Waals surface area contributed by atoms with Gasteiger partial charge in [-0.05, 0) is 0 Å². The Balaban J connectivity index is 1.65. The zero-order valence-electron chi connectivity index (χ0n) is 17.2. The summed E-state index contributed by atoms with van der Waals surface area (Å²) in [7, 11) is 0. The fraction of sp³-hybridized carbons (Fsp3) is 0.138. The van der Waals surface area contributed by atoms with Gasteiger partial charge in [-0.3, -0.25) is 0 Å². The second-order valence-corrected chi connectivity index (χ2v) is 15.0. The van der Waals surface area contributed by atoms with Gasteiger partial charge in [-0.2, -0.15) is 0 Å². The van der Waals surface area contributed by atoms with Crippen molar-refractivity contribution in [3.8, 4) is 0 Å². The number of hydrogen-bond acceptors (Lipinski definition) is 0. The molecule has 1 unspecified atom stereocenters. The molecular weight excluding hydrogens is 440 g/mol. The molecule has 3 aromatic rings. The molecule has 0 saturated carbocycles. The van der Waals surface area contributed by atoms with Crippen molar-refractivity contribution in [3.05, 3.63) is 135 Å². The van der Waals surface area contributed by atoms with Crippen LogP contribution in [0.1, 0.15) is 32.3 Å². The van der Waals surface area contributed by atoms with E-state index in [4.69, 9.17) is 0 Å². The van der Waals surface area contributed by atoms with Crippen molar-refractivity contribution in [3.63, 3.8) is 0 Å². The summed E-state index contributed by atoms with van der Waals surface area (Å²) in [6, 6.07) is 31.2. The second kappa shape index (κ2) is 9.19. The number of allylic oxidation sites excluding steroid dienone is 5. The van der Waals surface area contributed by atoms with Crippen molar-refractivity contribution in [1.82, 2.24) is 0 Å². The first-order valence-corrected chi connectivity index (χ1v) is 14.7. The van der Waals surface area contributed by atoms with Crippen LogP contribution in [0.15, 0.2) is 113 Å². The Hall–Kier alpha value is -2.37. The number of benzene rings is 3. The van der Waals surface area contributed by atoms with Crippen molar-refractivity contribution < 1.29 is 21.3 Å². The van der Waals surface area contributed by atoms with E-state index in [0.29, 0.717) is 3.63 Å². The Morgan fingerprint density at radius 3 is 2.03 bits per heavy atom. The van der Waals surface area contributed by atoms with Gasteiger partial charge in [0.05, 0.1) is 0 Å². The fourth-order valence-electron chi connectivity index (χ4n) is 4.73. The van der Waals surface area contributed by atoms with E-state index in [2.05, 4.69) is 115 Å². The van der Waals surface area contributed by atoms with Crippen LogP contribution in [0.4, 0.5) is 0 Å². The van der Waals surface area contributed by atoms with Gasteiger partial charge < -0.3 is 0 Å². The molecule has 0 fully saturated rings. The van der Waals surface area contributed by atoms with E-state index in [0.717, 1.165) is 19.3 Å². The van der Waals surface area contributed by atoms with Crippen LogP contribution < -0.4 is 0 Å². The normalized spacial score (nSPS) is 16.4. The summed E-state index contributed by atoms with van der Waals surface area (Å²) in [6.45, 7) is 0. The maximum absolute atomic E-state index is 2.52. The maximum atomic E-state index is 2.52. The van der Waals surface area contributed by atoms with Gasteiger partial charge in [-0.25, -0.2) is 0 Å². The van der Waals surface area contributed by atoms with Crippen LogP contribution in [-0.4, -0.2) is 3.21 Å². The van der Waals surface area contributed by atoms with E-state index < -0.39 is 21.3 Å². The van der Waals surface area contributed by atoms with Gasteiger partial charge in [-0.15, -0.1) is 0 Å². The topological polar surface area (TPSA) is 0 Å². The Morgan fingerprint density at radius 1 is 0.767 bits per heavy atom. The van der Waals surface area contributed by atoms with Crippen LogP contribution in [0, 0.1) is 0 Å². The van der Waals surface area contributed by atoms with Crippen LogP contribution in [0.25, 0.3) is 6.08 Å². The summed E-state index contributed by atoms with van der Waals surface area (Å²) < 4.78 is 4.15. The SMILES string of the molecule is C1=CC[C]([Zr](=[C](Cc2ccccc2)Cc2ccccc2)[CH]2C=Cc3ccccc32)=C1. The zero-order chi connectivity index (χ0) is 20.2. The second-order valence-electron chi connectivity index (χ2n) is 8.13. The van der Waals surface area contributed by atoms with Crippen LogP contribution >= 0.6 is 0 Å². The van der Waals surface area contributed by atoms with Gasteiger partial charge in [-0.1, -0.05) is 0 Å². The molecule has 0 saturated heterocycles. The van der Waals surface area contributed by atoms with Crippen LogP contribution in [0.5, 0.6) is 0 Å². The van der Waals surface area contributed by atoms with E-state index in [1.54, 1.807) is 12.1 Å². The van der Waals surface area contributed by atoms with Gasteiger partial charge in [0, 0.05) is 0 Å². The third-order valence-corrected chi connectivity index (χ3v) is 14.2. The Morgan fingerprint density at radius 2 is 1.40 bits per heavy atom. The van der Waals surface area contributed by atoms with Crippen LogP contribution in [0.3, 0.4) is 0 Å². The quantitative estimate of drug-likeness (QED) is 0.372. The molecule has 2 aliphatic carbocycles. The molecule has 0 N–H and O–H groups in total. The summed E-state index contributed by atoms with van der Waals surface area (Å²) >= 11 is -2.16. The monoisotopic (exact) mass is 464 g/mol. The number of rotatable bonds is 6. The summed E-state index contributed by atoms with van der Waals surface area (Å²) in [4.78, 5) is 0. The Bertz CT molecular complexity index is 1100. The van der Waals surface area contributed by atoms with Crippen LogP contribution in [0.2, 0.25) is 0 Å². The first kappa shape index (κ1) is 19.6. The molecule has 0 aromatic heterocycles. The molecule has 1 heteroatoms.